The lowest BCUT2D eigenvalue weighted by Crippen LogP contribution is -2.53. The third-order valence-electron chi connectivity index (χ3n) is 9.85. The molecule has 6 rings (SSSR count). The Morgan fingerprint density at radius 3 is 2.76 bits per heavy atom. The van der Waals surface area contributed by atoms with Gasteiger partial charge in [0, 0.05) is 11.5 Å². The van der Waals surface area contributed by atoms with Crippen molar-refractivity contribution in [2.45, 2.75) is 64.4 Å². The van der Waals surface area contributed by atoms with E-state index in [9.17, 15) is 13.9 Å². The van der Waals surface area contributed by atoms with Crippen molar-refractivity contribution in [3.63, 3.8) is 0 Å². The summed E-state index contributed by atoms with van der Waals surface area (Å²) in [7, 11) is 0. The first-order valence-electron chi connectivity index (χ1n) is 12.3. The number of benzene rings is 1. The number of halogens is 2. The van der Waals surface area contributed by atoms with E-state index in [-0.39, 0.29) is 16.5 Å². The summed E-state index contributed by atoms with van der Waals surface area (Å²) in [5.41, 5.74) is 1.39. The van der Waals surface area contributed by atoms with Crippen molar-refractivity contribution < 1.29 is 13.9 Å². The third-order valence-corrected chi connectivity index (χ3v) is 10.9. The fourth-order valence-electron chi connectivity index (χ4n) is 7.89. The lowest BCUT2D eigenvalue weighted by Gasteiger charge is -2.57. The molecule has 6 atom stereocenters. The number of hydrogen-bond acceptors (Lipinski definition) is 4. The Bertz CT molecular complexity index is 1250. The molecule has 0 unspecified atom stereocenters. The first kappa shape index (κ1) is 22.2. The molecular weight excluding hydrogens is 450 g/mol. The summed E-state index contributed by atoms with van der Waals surface area (Å²) in [6.07, 6.45) is 14.9. The average Bonchev–Trinajstić information content (AvgIpc) is 3.34. The van der Waals surface area contributed by atoms with E-state index in [4.69, 9.17) is 11.4 Å². The molecule has 4 aliphatic rings. The lowest BCUT2D eigenvalue weighted by atomic mass is 9.47. The molecule has 6 heteroatoms. The van der Waals surface area contributed by atoms with Crippen LogP contribution in [0.3, 0.4) is 0 Å². The van der Waals surface area contributed by atoms with Crippen LogP contribution in [0, 0.1) is 52.6 Å². The van der Waals surface area contributed by atoms with Crippen LogP contribution in [0.25, 0.3) is 5.57 Å². The van der Waals surface area contributed by atoms with Crippen LogP contribution in [-0.2, 0) is 6.42 Å². The summed E-state index contributed by atoms with van der Waals surface area (Å²) in [6, 6.07) is 3.42. The number of aryl methyl sites for hydroxylation is 1. The Kier molecular flexibility index (Phi) is 4.83. The highest BCUT2D eigenvalue weighted by Gasteiger charge is 2.63. The molecule has 178 valence electrons. The van der Waals surface area contributed by atoms with Crippen LogP contribution in [0.5, 0.6) is 0 Å². The van der Waals surface area contributed by atoms with Gasteiger partial charge in [0.05, 0.1) is 16.3 Å². The zero-order chi connectivity index (χ0) is 23.9. The maximum Gasteiger partial charge on any atom is 0.188 e. The lowest BCUT2D eigenvalue weighted by molar-refractivity contribution is -0.0886. The molecule has 1 aromatic heterocycles. The Morgan fingerprint density at radius 2 is 1.97 bits per heavy atom. The van der Waals surface area contributed by atoms with Gasteiger partial charge in [-0.2, -0.15) is 0 Å². The van der Waals surface area contributed by atoms with Gasteiger partial charge < -0.3 is 10.4 Å². The first-order chi connectivity index (χ1) is 16.2. The number of anilines is 2. The number of terminal acetylenes is 1. The Morgan fingerprint density at radius 1 is 1.18 bits per heavy atom. The first-order valence-corrected chi connectivity index (χ1v) is 13.1. The molecule has 3 nitrogen and oxygen atoms in total. The second-order valence-corrected chi connectivity index (χ2v) is 12.2. The van der Waals surface area contributed by atoms with E-state index in [1.54, 1.807) is 11.3 Å². The number of aromatic nitrogens is 1. The smallest absolute Gasteiger partial charge is 0.188 e. The van der Waals surface area contributed by atoms with E-state index >= 15 is 0 Å². The van der Waals surface area contributed by atoms with Crippen LogP contribution in [0.15, 0.2) is 24.3 Å². The summed E-state index contributed by atoms with van der Waals surface area (Å²) in [5, 5.41) is 14.8. The van der Waals surface area contributed by atoms with Gasteiger partial charge in [0.25, 0.3) is 0 Å². The van der Waals surface area contributed by atoms with Gasteiger partial charge in [-0.05, 0) is 85.8 Å². The molecule has 0 bridgehead atoms. The highest BCUT2D eigenvalue weighted by molar-refractivity contribution is 7.16. The third kappa shape index (κ3) is 2.93. The van der Waals surface area contributed by atoms with Gasteiger partial charge in [-0.3, -0.25) is 0 Å². The number of aliphatic hydroxyl groups is 1. The molecule has 0 radical (unpaired) electrons. The molecule has 2 N–H and O–H groups in total. The summed E-state index contributed by atoms with van der Waals surface area (Å²) in [4.78, 5) is 5.95. The molecule has 34 heavy (non-hydrogen) atoms. The largest absolute Gasteiger partial charge is 0.377 e. The molecule has 2 saturated carbocycles. The number of allylic oxidation sites excluding steroid dienone is 2. The van der Waals surface area contributed by atoms with Crippen molar-refractivity contribution >= 4 is 27.7 Å². The van der Waals surface area contributed by atoms with E-state index in [0.29, 0.717) is 29.3 Å². The van der Waals surface area contributed by atoms with Crippen LogP contribution >= 0.6 is 11.3 Å². The van der Waals surface area contributed by atoms with E-state index in [0.717, 1.165) is 56.4 Å². The molecule has 2 aromatic rings. The topological polar surface area (TPSA) is 45.1 Å². The summed E-state index contributed by atoms with van der Waals surface area (Å²) < 4.78 is 27.8. The molecule has 0 aliphatic heterocycles. The molecule has 0 spiro atoms. The Hall–Kier alpha value is -2.23. The van der Waals surface area contributed by atoms with Crippen molar-refractivity contribution in [1.29, 1.82) is 0 Å². The number of hydrogen-bond donors (Lipinski definition) is 2. The maximum absolute atomic E-state index is 14.2. The Labute approximate surface area is 203 Å². The van der Waals surface area contributed by atoms with Gasteiger partial charge in [0.1, 0.15) is 17.2 Å². The monoisotopic (exact) mass is 480 g/mol. The van der Waals surface area contributed by atoms with Crippen molar-refractivity contribution in [2.24, 2.45) is 28.6 Å². The summed E-state index contributed by atoms with van der Waals surface area (Å²) in [6.45, 7) is 4.62. The van der Waals surface area contributed by atoms with Gasteiger partial charge >= 0.3 is 0 Å². The standard InChI is InChI=1S/C28H30F2N2OS/c1-4-28(33)14-10-19-17-6-7-20-24-22(11-12-26(20,2)18(17)9-13-27(19,28)3)31-25(34-24)32-23-15-16(29)5-8-21(23)30/h1,5,7-8,15,17-19,33H,6,9-14H2,2-3H3,(H,31,32)/t17-,18+,19+,26-,27+,28+/m1/s1. The minimum Gasteiger partial charge on any atom is -0.377 e. The van der Waals surface area contributed by atoms with E-state index in [2.05, 4.69) is 31.2 Å². The minimum absolute atomic E-state index is 0.0575. The zero-order valence-electron chi connectivity index (χ0n) is 19.6. The van der Waals surface area contributed by atoms with E-state index in [1.165, 1.54) is 16.5 Å². The van der Waals surface area contributed by atoms with Crippen LogP contribution in [0.4, 0.5) is 19.6 Å². The fraction of sp³-hybridized carbons (Fsp3) is 0.536. The zero-order valence-corrected chi connectivity index (χ0v) is 20.4. The normalized spacial score (nSPS) is 38.1. The van der Waals surface area contributed by atoms with Crippen LogP contribution in [0.1, 0.15) is 62.9 Å². The van der Waals surface area contributed by atoms with Crippen LogP contribution in [0.2, 0.25) is 0 Å². The van der Waals surface area contributed by atoms with Crippen LogP contribution in [-0.4, -0.2) is 15.7 Å². The second kappa shape index (κ2) is 7.38. The van der Waals surface area contributed by atoms with Gasteiger partial charge in [0.2, 0.25) is 0 Å². The number of fused-ring (bicyclic) bond motifs is 7. The van der Waals surface area contributed by atoms with Gasteiger partial charge in [0.15, 0.2) is 5.13 Å². The number of nitrogens with one attached hydrogen (secondary N) is 1. The Balaban J connectivity index is 1.33. The predicted molar refractivity (Wildman–Crippen MR) is 132 cm³/mol. The second-order valence-electron chi connectivity index (χ2n) is 11.2. The van der Waals surface area contributed by atoms with Gasteiger partial charge in [-0.15, -0.1) is 6.42 Å². The highest BCUT2D eigenvalue weighted by atomic mass is 32.1. The minimum atomic E-state index is -0.988. The molecule has 1 heterocycles. The average molecular weight is 481 g/mol. The quantitative estimate of drug-likeness (QED) is 0.470. The van der Waals surface area contributed by atoms with Gasteiger partial charge in [-0.25, -0.2) is 13.8 Å². The van der Waals surface area contributed by atoms with Crippen LogP contribution < -0.4 is 5.32 Å². The summed E-state index contributed by atoms with van der Waals surface area (Å²) >= 11 is 1.54. The van der Waals surface area contributed by atoms with E-state index < -0.39 is 17.2 Å². The number of nitrogens with zero attached hydrogens (tertiary/aromatic N) is 1. The van der Waals surface area contributed by atoms with Crippen molar-refractivity contribution in [2.75, 3.05) is 5.32 Å². The number of thiazole rings is 1. The molecule has 0 amide bonds. The SMILES string of the molecule is C#C[C@]1(O)CC[C@H]2[C@@H]3CC=C4c5sc(Nc6cc(F)ccc6F)nc5CC[C@]4(C)[C@H]3CC[C@@]21C. The fourth-order valence-corrected chi connectivity index (χ4v) is 9.09. The molecule has 4 aliphatic carbocycles. The van der Waals surface area contributed by atoms with Crippen molar-refractivity contribution in [3.8, 4) is 12.3 Å². The predicted octanol–water partition coefficient (Wildman–Crippen LogP) is 6.71. The molecule has 0 saturated heterocycles. The summed E-state index contributed by atoms with van der Waals surface area (Å²) in [5.74, 6) is 3.32. The molecule has 2 fully saturated rings. The molecular formula is C28H30F2N2OS. The van der Waals surface area contributed by atoms with Crippen molar-refractivity contribution in [3.05, 3.63) is 46.5 Å². The van der Waals surface area contributed by atoms with Crippen molar-refractivity contribution in [1.82, 2.24) is 4.98 Å². The highest BCUT2D eigenvalue weighted by Crippen LogP contribution is 2.68. The maximum atomic E-state index is 14.2. The number of rotatable bonds is 2. The van der Waals surface area contributed by atoms with Gasteiger partial charge in [-0.1, -0.05) is 37.2 Å². The molecule has 1 aromatic carbocycles. The van der Waals surface area contributed by atoms with E-state index in [1.807, 2.05) is 0 Å².